The van der Waals surface area contributed by atoms with E-state index in [4.69, 9.17) is 4.98 Å². The zero-order valence-corrected chi connectivity index (χ0v) is 15.5. The monoisotopic (exact) mass is 351 g/mol. The first-order chi connectivity index (χ1) is 12.6. The van der Waals surface area contributed by atoms with E-state index in [2.05, 4.69) is 21.8 Å². The molecule has 0 bridgehead atoms. The number of anilines is 1. The summed E-state index contributed by atoms with van der Waals surface area (Å²) in [6.07, 6.45) is 6.66. The summed E-state index contributed by atoms with van der Waals surface area (Å²) >= 11 is 0. The van der Waals surface area contributed by atoms with Gasteiger partial charge in [-0.2, -0.15) is 0 Å². The first-order valence-corrected chi connectivity index (χ1v) is 9.43. The molecular weight excluding hydrogens is 326 g/mol. The van der Waals surface area contributed by atoms with Crippen LogP contribution in [-0.2, 0) is 4.79 Å². The van der Waals surface area contributed by atoms with Crippen molar-refractivity contribution >= 4 is 11.7 Å². The summed E-state index contributed by atoms with van der Waals surface area (Å²) in [6, 6.07) is 3.89. The largest absolute Gasteiger partial charge is 0.354 e. The maximum atomic E-state index is 12.4. The SMILES string of the molecule is Cc1nc(-c2cccnc2)nc(N2CCCN(C(=O)C3CC3)CC2)c1C. The summed E-state index contributed by atoms with van der Waals surface area (Å²) in [5.41, 5.74) is 3.03. The molecule has 2 aromatic heterocycles. The highest BCUT2D eigenvalue weighted by Gasteiger charge is 2.34. The van der Waals surface area contributed by atoms with Gasteiger partial charge in [-0.3, -0.25) is 9.78 Å². The fourth-order valence-corrected chi connectivity index (χ4v) is 3.48. The fourth-order valence-electron chi connectivity index (χ4n) is 3.48. The average Bonchev–Trinajstić information content (AvgIpc) is 3.51. The second-order valence-electron chi connectivity index (χ2n) is 7.26. The topological polar surface area (TPSA) is 62.2 Å². The van der Waals surface area contributed by atoms with Gasteiger partial charge in [-0.1, -0.05) is 0 Å². The van der Waals surface area contributed by atoms with Crippen molar-refractivity contribution in [3.63, 3.8) is 0 Å². The van der Waals surface area contributed by atoms with Gasteiger partial charge < -0.3 is 9.80 Å². The minimum absolute atomic E-state index is 0.293. The summed E-state index contributed by atoms with van der Waals surface area (Å²) in [5.74, 6) is 2.34. The summed E-state index contributed by atoms with van der Waals surface area (Å²) in [4.78, 5) is 30.4. The number of hydrogen-bond acceptors (Lipinski definition) is 5. The lowest BCUT2D eigenvalue weighted by Crippen LogP contribution is -2.36. The van der Waals surface area contributed by atoms with Crippen LogP contribution in [0.15, 0.2) is 24.5 Å². The third kappa shape index (κ3) is 3.41. The van der Waals surface area contributed by atoms with Gasteiger partial charge in [0.1, 0.15) is 5.82 Å². The number of aryl methyl sites for hydroxylation is 1. The van der Waals surface area contributed by atoms with Gasteiger partial charge in [0.05, 0.1) is 0 Å². The Morgan fingerprint density at radius 3 is 2.69 bits per heavy atom. The maximum Gasteiger partial charge on any atom is 0.225 e. The number of pyridine rings is 1. The lowest BCUT2D eigenvalue weighted by atomic mass is 10.2. The molecule has 1 saturated heterocycles. The molecule has 136 valence electrons. The quantitative estimate of drug-likeness (QED) is 0.851. The normalized spacial score (nSPS) is 17.9. The van der Waals surface area contributed by atoms with E-state index in [0.29, 0.717) is 17.6 Å². The Morgan fingerprint density at radius 2 is 1.96 bits per heavy atom. The van der Waals surface area contributed by atoms with Crippen LogP contribution in [0.3, 0.4) is 0 Å². The Bertz CT molecular complexity index is 803. The molecule has 1 amide bonds. The number of rotatable bonds is 3. The molecule has 2 aliphatic rings. The van der Waals surface area contributed by atoms with Crippen LogP contribution < -0.4 is 4.90 Å². The van der Waals surface area contributed by atoms with Crippen LogP contribution in [0.1, 0.15) is 30.5 Å². The predicted molar refractivity (Wildman–Crippen MR) is 101 cm³/mol. The Hall–Kier alpha value is -2.50. The highest BCUT2D eigenvalue weighted by atomic mass is 16.2. The molecule has 0 aromatic carbocycles. The highest BCUT2D eigenvalue weighted by molar-refractivity contribution is 5.81. The Morgan fingerprint density at radius 1 is 1.12 bits per heavy atom. The van der Waals surface area contributed by atoms with Gasteiger partial charge >= 0.3 is 0 Å². The number of nitrogens with zero attached hydrogens (tertiary/aromatic N) is 5. The van der Waals surface area contributed by atoms with Gasteiger partial charge in [0, 0.05) is 61.3 Å². The molecule has 1 saturated carbocycles. The minimum atomic E-state index is 0.293. The summed E-state index contributed by atoms with van der Waals surface area (Å²) in [6.45, 7) is 7.47. The number of carbonyl (C=O) groups excluding carboxylic acids is 1. The van der Waals surface area contributed by atoms with Crippen LogP contribution in [0.25, 0.3) is 11.4 Å². The molecule has 6 nitrogen and oxygen atoms in total. The van der Waals surface area contributed by atoms with Gasteiger partial charge in [0.2, 0.25) is 5.91 Å². The van der Waals surface area contributed by atoms with Crippen LogP contribution in [0.2, 0.25) is 0 Å². The van der Waals surface area contributed by atoms with Crippen molar-refractivity contribution in [3.05, 3.63) is 35.8 Å². The standard InChI is InChI=1S/C20H25N5O/c1-14-15(2)22-18(17-5-3-8-21-13-17)23-19(14)24-9-4-10-25(12-11-24)20(26)16-6-7-16/h3,5,8,13,16H,4,6-7,9-12H2,1-2H3. The Kier molecular flexibility index (Phi) is 4.57. The molecule has 2 fully saturated rings. The number of carbonyl (C=O) groups is 1. The minimum Gasteiger partial charge on any atom is -0.354 e. The molecule has 1 aliphatic carbocycles. The first kappa shape index (κ1) is 16.9. The molecule has 0 N–H and O–H groups in total. The van der Waals surface area contributed by atoms with Crippen LogP contribution in [0, 0.1) is 19.8 Å². The van der Waals surface area contributed by atoms with Crippen molar-refractivity contribution in [1.82, 2.24) is 19.9 Å². The van der Waals surface area contributed by atoms with Crippen LogP contribution in [0.4, 0.5) is 5.82 Å². The second-order valence-corrected chi connectivity index (χ2v) is 7.26. The van der Waals surface area contributed by atoms with Gasteiger partial charge in [-0.05, 0) is 45.2 Å². The summed E-state index contributed by atoms with van der Waals surface area (Å²) < 4.78 is 0. The zero-order chi connectivity index (χ0) is 18.1. The summed E-state index contributed by atoms with van der Waals surface area (Å²) in [5, 5.41) is 0. The van der Waals surface area contributed by atoms with Crippen molar-refractivity contribution < 1.29 is 4.79 Å². The third-order valence-electron chi connectivity index (χ3n) is 5.32. The second kappa shape index (κ2) is 7.02. The third-order valence-corrected chi connectivity index (χ3v) is 5.32. The first-order valence-electron chi connectivity index (χ1n) is 9.43. The van der Waals surface area contributed by atoms with Gasteiger partial charge in [-0.25, -0.2) is 9.97 Å². The number of amides is 1. The van der Waals surface area contributed by atoms with Crippen LogP contribution >= 0.6 is 0 Å². The molecule has 1 aliphatic heterocycles. The molecule has 26 heavy (non-hydrogen) atoms. The average molecular weight is 351 g/mol. The van der Waals surface area contributed by atoms with E-state index in [0.717, 1.165) is 68.1 Å². The van der Waals surface area contributed by atoms with E-state index in [1.54, 1.807) is 12.4 Å². The highest BCUT2D eigenvalue weighted by Crippen LogP contribution is 2.31. The van der Waals surface area contributed by atoms with E-state index < -0.39 is 0 Å². The molecular formula is C20H25N5O. The molecule has 0 atom stereocenters. The van der Waals surface area contributed by atoms with E-state index in [1.165, 1.54) is 0 Å². The number of aromatic nitrogens is 3. The smallest absolute Gasteiger partial charge is 0.225 e. The van der Waals surface area contributed by atoms with Gasteiger partial charge in [0.25, 0.3) is 0 Å². The molecule has 6 heteroatoms. The van der Waals surface area contributed by atoms with E-state index in [1.807, 2.05) is 24.0 Å². The lowest BCUT2D eigenvalue weighted by molar-refractivity contribution is -0.132. The molecule has 0 radical (unpaired) electrons. The lowest BCUT2D eigenvalue weighted by Gasteiger charge is -2.25. The van der Waals surface area contributed by atoms with E-state index in [9.17, 15) is 4.79 Å². The molecule has 0 unspecified atom stereocenters. The van der Waals surface area contributed by atoms with Crippen molar-refractivity contribution in [2.75, 3.05) is 31.1 Å². The van der Waals surface area contributed by atoms with Gasteiger partial charge in [0.15, 0.2) is 5.82 Å². The maximum absolute atomic E-state index is 12.4. The van der Waals surface area contributed by atoms with E-state index >= 15 is 0 Å². The molecule has 2 aromatic rings. The van der Waals surface area contributed by atoms with Crippen molar-refractivity contribution in [3.8, 4) is 11.4 Å². The molecule has 3 heterocycles. The Balaban J connectivity index is 1.58. The van der Waals surface area contributed by atoms with Crippen LogP contribution in [0.5, 0.6) is 0 Å². The molecule has 4 rings (SSSR count). The number of hydrogen-bond donors (Lipinski definition) is 0. The molecule has 0 spiro atoms. The van der Waals surface area contributed by atoms with Crippen LogP contribution in [-0.4, -0.2) is 51.9 Å². The van der Waals surface area contributed by atoms with Gasteiger partial charge in [-0.15, -0.1) is 0 Å². The van der Waals surface area contributed by atoms with Crippen molar-refractivity contribution in [2.45, 2.75) is 33.1 Å². The fraction of sp³-hybridized carbons (Fsp3) is 0.500. The van der Waals surface area contributed by atoms with Crippen molar-refractivity contribution in [1.29, 1.82) is 0 Å². The summed E-state index contributed by atoms with van der Waals surface area (Å²) in [7, 11) is 0. The predicted octanol–water partition coefficient (Wildman–Crippen LogP) is 2.60. The van der Waals surface area contributed by atoms with Crippen molar-refractivity contribution in [2.24, 2.45) is 5.92 Å². The Labute approximate surface area is 154 Å². The zero-order valence-electron chi connectivity index (χ0n) is 15.5. The van der Waals surface area contributed by atoms with E-state index in [-0.39, 0.29) is 0 Å².